The van der Waals surface area contributed by atoms with Crippen LogP contribution in [0.5, 0.6) is 0 Å². The molecule has 0 fully saturated rings. The predicted octanol–water partition coefficient (Wildman–Crippen LogP) is 3.37. The Morgan fingerprint density at radius 2 is 1.58 bits per heavy atom. The van der Waals surface area contributed by atoms with E-state index in [0.29, 0.717) is 0 Å². The van der Waals surface area contributed by atoms with Crippen LogP contribution in [0.4, 0.5) is 0 Å². The summed E-state index contributed by atoms with van der Waals surface area (Å²) in [6.45, 7) is 0.842. The number of halogens is 2. The van der Waals surface area contributed by atoms with Gasteiger partial charge < -0.3 is 9.80 Å². The SMILES string of the molecule is CN(C)C(=NCCCc1ccc(Cl)cc1)N(C)C.I. The summed E-state index contributed by atoms with van der Waals surface area (Å²) in [5.41, 5.74) is 1.31. The number of nitrogens with zero attached hydrogens (tertiary/aromatic N) is 3. The van der Waals surface area contributed by atoms with Gasteiger partial charge in [-0.15, -0.1) is 24.0 Å². The summed E-state index contributed by atoms with van der Waals surface area (Å²) in [5.74, 6) is 1.01. The Balaban J connectivity index is 0.00000324. The molecule has 0 heterocycles. The first kappa shape index (κ1) is 18.5. The van der Waals surface area contributed by atoms with Crippen molar-refractivity contribution < 1.29 is 0 Å². The van der Waals surface area contributed by atoms with Gasteiger partial charge in [-0.3, -0.25) is 4.99 Å². The van der Waals surface area contributed by atoms with Crippen molar-refractivity contribution in [3.8, 4) is 0 Å². The van der Waals surface area contributed by atoms with E-state index >= 15 is 0 Å². The van der Waals surface area contributed by atoms with Gasteiger partial charge in [0.05, 0.1) is 0 Å². The fourth-order valence-electron chi connectivity index (χ4n) is 1.80. The van der Waals surface area contributed by atoms with Crippen molar-refractivity contribution in [3.05, 3.63) is 34.9 Å². The van der Waals surface area contributed by atoms with Crippen LogP contribution in [0.1, 0.15) is 12.0 Å². The summed E-state index contributed by atoms with van der Waals surface area (Å²) < 4.78 is 0. The maximum Gasteiger partial charge on any atom is 0.195 e. The first-order valence-electron chi connectivity index (χ1n) is 6.14. The maximum absolute atomic E-state index is 5.85. The van der Waals surface area contributed by atoms with Crippen LogP contribution in [-0.4, -0.2) is 50.5 Å². The molecular formula is C14H23ClIN3. The van der Waals surface area contributed by atoms with Crippen molar-refractivity contribution >= 4 is 41.5 Å². The Morgan fingerprint density at radius 3 is 2.05 bits per heavy atom. The second-order valence-electron chi connectivity index (χ2n) is 4.70. The van der Waals surface area contributed by atoms with Crippen LogP contribution in [0.25, 0.3) is 0 Å². The van der Waals surface area contributed by atoms with E-state index in [4.69, 9.17) is 11.6 Å². The van der Waals surface area contributed by atoms with E-state index in [9.17, 15) is 0 Å². The third-order valence-electron chi connectivity index (χ3n) is 2.59. The molecule has 1 rings (SSSR count). The van der Waals surface area contributed by atoms with Gasteiger partial charge >= 0.3 is 0 Å². The highest BCUT2D eigenvalue weighted by Gasteiger charge is 2.02. The number of hydrogen-bond acceptors (Lipinski definition) is 1. The Kier molecular flexibility index (Phi) is 9.18. The highest BCUT2D eigenvalue weighted by molar-refractivity contribution is 14.0. The highest BCUT2D eigenvalue weighted by Crippen LogP contribution is 2.10. The van der Waals surface area contributed by atoms with Crippen LogP contribution in [0.3, 0.4) is 0 Å². The van der Waals surface area contributed by atoms with Crippen LogP contribution >= 0.6 is 35.6 Å². The molecule has 0 bridgehead atoms. The smallest absolute Gasteiger partial charge is 0.195 e. The molecule has 5 heteroatoms. The summed E-state index contributed by atoms with van der Waals surface area (Å²) in [6, 6.07) is 8.02. The van der Waals surface area contributed by atoms with Crippen LogP contribution < -0.4 is 0 Å². The molecule has 0 aromatic heterocycles. The summed E-state index contributed by atoms with van der Waals surface area (Å²) >= 11 is 5.85. The molecule has 0 aliphatic heterocycles. The topological polar surface area (TPSA) is 18.8 Å². The molecule has 0 saturated heterocycles. The van der Waals surface area contributed by atoms with Gasteiger partial charge in [-0.2, -0.15) is 0 Å². The molecule has 108 valence electrons. The lowest BCUT2D eigenvalue weighted by Crippen LogP contribution is -2.35. The molecule has 1 aromatic rings. The first-order chi connectivity index (χ1) is 8.50. The van der Waals surface area contributed by atoms with Crippen LogP contribution in [-0.2, 0) is 6.42 Å². The molecule has 0 unspecified atom stereocenters. The summed E-state index contributed by atoms with van der Waals surface area (Å²) in [7, 11) is 8.05. The Morgan fingerprint density at radius 1 is 1.05 bits per heavy atom. The Labute approximate surface area is 138 Å². The molecule has 0 aliphatic rings. The maximum atomic E-state index is 5.85. The average molecular weight is 396 g/mol. The van der Waals surface area contributed by atoms with Gasteiger partial charge in [0.15, 0.2) is 5.96 Å². The predicted molar refractivity (Wildman–Crippen MR) is 94.9 cm³/mol. The number of aliphatic imine (C=N–C) groups is 1. The lowest BCUT2D eigenvalue weighted by atomic mass is 10.1. The van der Waals surface area contributed by atoms with E-state index < -0.39 is 0 Å². The molecule has 0 aliphatic carbocycles. The van der Waals surface area contributed by atoms with E-state index in [2.05, 4.69) is 17.1 Å². The van der Waals surface area contributed by atoms with Gasteiger partial charge in [-0.25, -0.2) is 0 Å². The molecule has 0 radical (unpaired) electrons. The van der Waals surface area contributed by atoms with E-state index in [0.717, 1.165) is 30.4 Å². The zero-order valence-electron chi connectivity index (χ0n) is 12.1. The standard InChI is InChI=1S/C14H22ClN3.HI/c1-17(2)14(18(3)4)16-11-5-6-12-7-9-13(15)10-8-12;/h7-10H,5-6,11H2,1-4H3;1H. The van der Waals surface area contributed by atoms with Gasteiger partial charge in [-0.1, -0.05) is 23.7 Å². The molecule has 1 aromatic carbocycles. The first-order valence-corrected chi connectivity index (χ1v) is 6.52. The quantitative estimate of drug-likeness (QED) is 0.337. The van der Waals surface area contributed by atoms with Crippen LogP contribution in [0, 0.1) is 0 Å². The second-order valence-corrected chi connectivity index (χ2v) is 5.14. The van der Waals surface area contributed by atoms with Crippen molar-refractivity contribution in [1.82, 2.24) is 9.80 Å². The molecule has 0 amide bonds. The van der Waals surface area contributed by atoms with Crippen molar-refractivity contribution in [2.75, 3.05) is 34.7 Å². The number of guanidine groups is 1. The Bertz CT molecular complexity index is 378. The van der Waals surface area contributed by atoms with Crippen molar-refractivity contribution in [1.29, 1.82) is 0 Å². The van der Waals surface area contributed by atoms with Gasteiger partial charge in [0, 0.05) is 39.8 Å². The van der Waals surface area contributed by atoms with Crippen molar-refractivity contribution in [3.63, 3.8) is 0 Å². The zero-order chi connectivity index (χ0) is 13.5. The normalized spacial score (nSPS) is 9.53. The summed E-state index contributed by atoms with van der Waals surface area (Å²) in [6.07, 6.45) is 2.08. The van der Waals surface area contributed by atoms with Crippen LogP contribution in [0.15, 0.2) is 29.3 Å². The molecule has 3 nitrogen and oxygen atoms in total. The highest BCUT2D eigenvalue weighted by atomic mass is 127. The third-order valence-corrected chi connectivity index (χ3v) is 2.84. The minimum absolute atomic E-state index is 0. The molecule has 19 heavy (non-hydrogen) atoms. The second kappa shape index (κ2) is 9.42. The summed E-state index contributed by atoms with van der Waals surface area (Å²) in [5, 5.41) is 0.791. The van der Waals surface area contributed by atoms with Gasteiger partial charge in [0.2, 0.25) is 0 Å². The van der Waals surface area contributed by atoms with Gasteiger partial charge in [0.1, 0.15) is 0 Å². The summed E-state index contributed by atoms with van der Waals surface area (Å²) in [4.78, 5) is 8.66. The van der Waals surface area contributed by atoms with Gasteiger partial charge in [-0.05, 0) is 30.5 Å². The number of benzene rings is 1. The number of hydrogen-bond donors (Lipinski definition) is 0. The third kappa shape index (κ3) is 7.01. The minimum atomic E-state index is 0. The van der Waals surface area contributed by atoms with Crippen molar-refractivity contribution in [2.24, 2.45) is 4.99 Å². The van der Waals surface area contributed by atoms with E-state index in [1.807, 2.05) is 50.1 Å². The van der Waals surface area contributed by atoms with Crippen LogP contribution in [0.2, 0.25) is 5.02 Å². The number of rotatable bonds is 4. The molecular weight excluding hydrogens is 373 g/mol. The molecule has 0 atom stereocenters. The van der Waals surface area contributed by atoms with E-state index in [1.165, 1.54) is 5.56 Å². The molecule has 0 spiro atoms. The monoisotopic (exact) mass is 395 g/mol. The van der Waals surface area contributed by atoms with E-state index in [1.54, 1.807) is 0 Å². The fourth-order valence-corrected chi connectivity index (χ4v) is 1.92. The largest absolute Gasteiger partial charge is 0.349 e. The average Bonchev–Trinajstić information content (AvgIpc) is 2.30. The number of aryl methyl sites for hydroxylation is 1. The molecule has 0 saturated carbocycles. The zero-order valence-corrected chi connectivity index (χ0v) is 15.1. The van der Waals surface area contributed by atoms with Gasteiger partial charge in [0.25, 0.3) is 0 Å². The fraction of sp³-hybridized carbons (Fsp3) is 0.500. The molecule has 0 N–H and O–H groups in total. The van der Waals surface area contributed by atoms with E-state index in [-0.39, 0.29) is 24.0 Å². The Hall–Kier alpha value is -0.490. The van der Waals surface area contributed by atoms with Crippen molar-refractivity contribution in [2.45, 2.75) is 12.8 Å². The lowest BCUT2D eigenvalue weighted by molar-refractivity contribution is 0.479. The lowest BCUT2D eigenvalue weighted by Gasteiger charge is -2.22. The minimum Gasteiger partial charge on any atom is -0.349 e.